The Morgan fingerprint density at radius 3 is 2.56 bits per heavy atom. The lowest BCUT2D eigenvalue weighted by Gasteiger charge is -2.31. The minimum Gasteiger partial charge on any atom is -0.353 e. The Bertz CT molecular complexity index is 696. The molecule has 140 valence electrons. The fourth-order valence-electron chi connectivity index (χ4n) is 3.07. The highest BCUT2D eigenvalue weighted by molar-refractivity contribution is 7.89. The average Bonchev–Trinajstić information content (AvgIpc) is 2.57. The minimum absolute atomic E-state index is 0.0985. The highest BCUT2D eigenvalue weighted by Gasteiger charge is 2.20. The standard InChI is InChI=1S/C18H29N3O3S/c1-4-21-11-8-16(9-12-21)20-18(22)7-10-19-25(23,24)17-13-14(2)5-6-15(17)3/h5-6,13,16,19H,4,7-12H2,1-3H3,(H,20,22). The van der Waals surface area contributed by atoms with Crippen LogP contribution in [0.5, 0.6) is 0 Å². The first-order chi connectivity index (χ1) is 11.8. The second-order valence-corrected chi connectivity index (χ2v) is 8.43. The molecule has 0 radical (unpaired) electrons. The van der Waals surface area contributed by atoms with Crippen LogP contribution >= 0.6 is 0 Å². The van der Waals surface area contributed by atoms with E-state index in [9.17, 15) is 13.2 Å². The molecule has 25 heavy (non-hydrogen) atoms. The van der Waals surface area contributed by atoms with Gasteiger partial charge in [-0.15, -0.1) is 0 Å². The number of aryl methyl sites for hydroxylation is 2. The van der Waals surface area contributed by atoms with Gasteiger partial charge in [-0.2, -0.15) is 0 Å². The van der Waals surface area contributed by atoms with Crippen molar-refractivity contribution < 1.29 is 13.2 Å². The van der Waals surface area contributed by atoms with Crippen LogP contribution in [0.4, 0.5) is 0 Å². The summed E-state index contributed by atoms with van der Waals surface area (Å²) in [5.41, 5.74) is 1.59. The van der Waals surface area contributed by atoms with E-state index < -0.39 is 10.0 Å². The van der Waals surface area contributed by atoms with Crippen molar-refractivity contribution in [3.8, 4) is 0 Å². The topological polar surface area (TPSA) is 78.5 Å². The van der Waals surface area contributed by atoms with E-state index in [-0.39, 0.29) is 29.8 Å². The van der Waals surface area contributed by atoms with Gasteiger partial charge in [-0.1, -0.05) is 19.1 Å². The molecule has 1 heterocycles. The third-order valence-electron chi connectivity index (χ3n) is 4.68. The van der Waals surface area contributed by atoms with Gasteiger partial charge in [-0.3, -0.25) is 4.79 Å². The van der Waals surface area contributed by atoms with Crippen molar-refractivity contribution >= 4 is 15.9 Å². The number of rotatable bonds is 7. The van der Waals surface area contributed by atoms with E-state index in [0.29, 0.717) is 5.56 Å². The van der Waals surface area contributed by atoms with Crippen LogP contribution in [-0.4, -0.2) is 51.4 Å². The van der Waals surface area contributed by atoms with Crippen molar-refractivity contribution in [2.45, 2.75) is 51.0 Å². The number of carbonyl (C=O) groups is 1. The molecule has 1 amide bonds. The quantitative estimate of drug-likeness (QED) is 0.767. The third-order valence-corrected chi connectivity index (χ3v) is 6.28. The maximum Gasteiger partial charge on any atom is 0.240 e. The molecule has 2 N–H and O–H groups in total. The monoisotopic (exact) mass is 367 g/mol. The molecule has 2 rings (SSSR count). The number of benzene rings is 1. The van der Waals surface area contributed by atoms with Gasteiger partial charge in [-0.05, 0) is 50.4 Å². The highest BCUT2D eigenvalue weighted by Crippen LogP contribution is 2.16. The zero-order valence-electron chi connectivity index (χ0n) is 15.3. The van der Waals surface area contributed by atoms with Crippen LogP contribution in [0, 0.1) is 13.8 Å². The van der Waals surface area contributed by atoms with Crippen LogP contribution in [0.25, 0.3) is 0 Å². The van der Waals surface area contributed by atoms with Gasteiger partial charge < -0.3 is 10.2 Å². The Morgan fingerprint density at radius 2 is 1.92 bits per heavy atom. The summed E-state index contributed by atoms with van der Waals surface area (Å²) in [5.74, 6) is -0.0985. The summed E-state index contributed by atoms with van der Waals surface area (Å²) in [5, 5.41) is 3.01. The van der Waals surface area contributed by atoms with Crippen LogP contribution in [0.1, 0.15) is 37.3 Å². The molecule has 1 fully saturated rings. The van der Waals surface area contributed by atoms with Gasteiger partial charge in [0.2, 0.25) is 15.9 Å². The number of hydrogen-bond donors (Lipinski definition) is 2. The van der Waals surface area contributed by atoms with Crippen molar-refractivity contribution in [1.82, 2.24) is 14.9 Å². The van der Waals surface area contributed by atoms with Gasteiger partial charge >= 0.3 is 0 Å². The lowest BCUT2D eigenvalue weighted by atomic mass is 10.1. The molecule has 1 aromatic rings. The van der Waals surface area contributed by atoms with Crippen LogP contribution in [0.15, 0.2) is 23.1 Å². The predicted molar refractivity (Wildman–Crippen MR) is 99.0 cm³/mol. The zero-order valence-corrected chi connectivity index (χ0v) is 16.2. The van der Waals surface area contributed by atoms with Crippen molar-refractivity contribution in [3.63, 3.8) is 0 Å². The number of likely N-dealkylation sites (tertiary alicyclic amines) is 1. The molecule has 7 heteroatoms. The molecule has 1 saturated heterocycles. The van der Waals surface area contributed by atoms with Crippen molar-refractivity contribution in [2.75, 3.05) is 26.2 Å². The Balaban J connectivity index is 1.79. The SMILES string of the molecule is CCN1CCC(NC(=O)CCNS(=O)(=O)c2cc(C)ccc2C)CC1. The molecular weight excluding hydrogens is 338 g/mol. The van der Waals surface area contributed by atoms with Crippen LogP contribution in [0.3, 0.4) is 0 Å². The van der Waals surface area contributed by atoms with Crippen molar-refractivity contribution in [3.05, 3.63) is 29.3 Å². The van der Waals surface area contributed by atoms with Gasteiger partial charge in [0, 0.05) is 32.1 Å². The normalized spacial score (nSPS) is 16.8. The van der Waals surface area contributed by atoms with E-state index in [1.165, 1.54) is 0 Å². The summed E-state index contributed by atoms with van der Waals surface area (Å²) in [6.45, 7) is 8.91. The Labute approximate surface area is 151 Å². The van der Waals surface area contributed by atoms with Gasteiger partial charge in [0.15, 0.2) is 0 Å². The molecule has 0 spiro atoms. The second-order valence-electron chi connectivity index (χ2n) is 6.69. The lowest BCUT2D eigenvalue weighted by Crippen LogP contribution is -2.45. The van der Waals surface area contributed by atoms with E-state index in [4.69, 9.17) is 0 Å². The van der Waals surface area contributed by atoms with Crippen LogP contribution < -0.4 is 10.0 Å². The molecule has 1 aliphatic heterocycles. The fraction of sp³-hybridized carbons (Fsp3) is 0.611. The van der Waals surface area contributed by atoms with Gasteiger partial charge in [-0.25, -0.2) is 13.1 Å². The number of amides is 1. The number of nitrogens with one attached hydrogen (secondary N) is 2. The number of carbonyl (C=O) groups excluding carboxylic acids is 1. The largest absolute Gasteiger partial charge is 0.353 e. The Hall–Kier alpha value is -1.44. The third kappa shape index (κ3) is 5.80. The maximum atomic E-state index is 12.4. The molecule has 0 aromatic heterocycles. The molecule has 0 atom stereocenters. The summed E-state index contributed by atoms with van der Waals surface area (Å²) in [6.07, 6.45) is 2.06. The molecule has 1 aliphatic rings. The molecule has 6 nitrogen and oxygen atoms in total. The number of hydrogen-bond acceptors (Lipinski definition) is 4. The number of nitrogens with zero attached hydrogens (tertiary/aromatic N) is 1. The van der Waals surface area contributed by atoms with Crippen LogP contribution in [0.2, 0.25) is 0 Å². The number of piperidine rings is 1. The number of sulfonamides is 1. The first-order valence-electron chi connectivity index (χ1n) is 8.90. The lowest BCUT2D eigenvalue weighted by molar-refractivity contribution is -0.121. The summed E-state index contributed by atoms with van der Waals surface area (Å²) in [4.78, 5) is 14.7. The molecule has 0 aliphatic carbocycles. The van der Waals surface area contributed by atoms with Gasteiger partial charge in [0.25, 0.3) is 0 Å². The van der Waals surface area contributed by atoms with Gasteiger partial charge in [0.05, 0.1) is 4.90 Å². The summed E-state index contributed by atoms with van der Waals surface area (Å²) in [7, 11) is -3.59. The van der Waals surface area contributed by atoms with Crippen molar-refractivity contribution in [1.29, 1.82) is 0 Å². The molecule has 0 unspecified atom stereocenters. The smallest absolute Gasteiger partial charge is 0.240 e. The minimum atomic E-state index is -3.59. The first-order valence-corrected chi connectivity index (χ1v) is 10.4. The first kappa shape index (κ1) is 19.9. The summed E-state index contributed by atoms with van der Waals surface area (Å²) in [6, 6.07) is 5.52. The Morgan fingerprint density at radius 1 is 1.24 bits per heavy atom. The molecule has 1 aromatic carbocycles. The molecule has 0 bridgehead atoms. The zero-order chi connectivity index (χ0) is 18.4. The summed E-state index contributed by atoms with van der Waals surface area (Å²) >= 11 is 0. The molecular formula is C18H29N3O3S. The van der Waals surface area contributed by atoms with E-state index in [2.05, 4.69) is 21.9 Å². The van der Waals surface area contributed by atoms with E-state index in [0.717, 1.165) is 38.0 Å². The van der Waals surface area contributed by atoms with E-state index in [1.807, 2.05) is 13.0 Å². The summed E-state index contributed by atoms with van der Waals surface area (Å²) < 4.78 is 27.3. The van der Waals surface area contributed by atoms with E-state index >= 15 is 0 Å². The predicted octanol–water partition coefficient (Wildman–Crippen LogP) is 1.57. The second kappa shape index (κ2) is 8.78. The van der Waals surface area contributed by atoms with Crippen LogP contribution in [-0.2, 0) is 14.8 Å². The van der Waals surface area contributed by atoms with Crippen molar-refractivity contribution in [2.24, 2.45) is 0 Å². The fourth-order valence-corrected chi connectivity index (χ4v) is 4.43. The Kier molecular flexibility index (Phi) is 6.98. The maximum absolute atomic E-state index is 12.4. The molecule has 0 saturated carbocycles. The van der Waals surface area contributed by atoms with Gasteiger partial charge in [0.1, 0.15) is 0 Å². The van der Waals surface area contributed by atoms with E-state index in [1.54, 1.807) is 19.1 Å². The average molecular weight is 368 g/mol. The highest BCUT2D eigenvalue weighted by atomic mass is 32.2.